The van der Waals surface area contributed by atoms with Crippen LogP contribution in [0.2, 0.25) is 5.02 Å². The first kappa shape index (κ1) is 20.3. The first-order valence-electron chi connectivity index (χ1n) is 10.0. The minimum Gasteiger partial charge on any atom is -0.307 e. The predicted molar refractivity (Wildman–Crippen MR) is 117 cm³/mol. The van der Waals surface area contributed by atoms with Crippen molar-refractivity contribution in [3.05, 3.63) is 34.4 Å². The van der Waals surface area contributed by atoms with E-state index in [-0.39, 0.29) is 5.91 Å². The molecule has 154 valence electrons. The van der Waals surface area contributed by atoms with Gasteiger partial charge in [-0.25, -0.2) is 4.98 Å². The number of aryl methyl sites for hydroxylation is 2. The molecule has 0 saturated carbocycles. The Bertz CT molecular complexity index is 1000. The number of benzene rings is 1. The summed E-state index contributed by atoms with van der Waals surface area (Å²) in [5.74, 6) is 1.14. The van der Waals surface area contributed by atoms with Gasteiger partial charge in [-0.15, -0.1) is 10.2 Å². The molecule has 7 nitrogen and oxygen atoms in total. The third-order valence-corrected chi connectivity index (χ3v) is 7.04. The lowest BCUT2D eigenvalue weighted by Crippen LogP contribution is -2.40. The van der Waals surface area contributed by atoms with Crippen molar-refractivity contribution in [1.29, 1.82) is 0 Å². The molecule has 1 amide bonds. The van der Waals surface area contributed by atoms with Crippen molar-refractivity contribution in [3.63, 3.8) is 0 Å². The summed E-state index contributed by atoms with van der Waals surface area (Å²) in [6.45, 7) is 10.2. The maximum absolute atomic E-state index is 13.5. The van der Waals surface area contributed by atoms with Crippen LogP contribution in [0.5, 0.6) is 0 Å². The standard InChI is InChI=1S/C20H25ClN6OS/c1-4-25(5-2)11-12-27(19(28)18-24-23-15-7-6-10-26(15)18)20-22-16-13(3)8-9-14(21)17(16)29-20/h8-9H,4-7,10-12H2,1-3H3. The van der Waals surface area contributed by atoms with Gasteiger partial charge in [-0.05, 0) is 38.1 Å². The molecule has 29 heavy (non-hydrogen) atoms. The lowest BCUT2D eigenvalue weighted by molar-refractivity contribution is 0.0969. The van der Waals surface area contributed by atoms with E-state index in [4.69, 9.17) is 16.6 Å². The number of hydrogen-bond acceptors (Lipinski definition) is 6. The normalized spacial score (nSPS) is 13.4. The first-order chi connectivity index (χ1) is 14.0. The highest BCUT2D eigenvalue weighted by molar-refractivity contribution is 7.23. The fraction of sp³-hybridized carbons (Fsp3) is 0.500. The van der Waals surface area contributed by atoms with Crippen LogP contribution in [-0.4, -0.2) is 56.7 Å². The number of likely N-dealkylation sites (N-methyl/N-ethyl adjacent to an activating group) is 1. The van der Waals surface area contributed by atoms with Gasteiger partial charge in [0.1, 0.15) is 5.82 Å². The van der Waals surface area contributed by atoms with Gasteiger partial charge in [0.25, 0.3) is 5.91 Å². The second-order valence-corrected chi connectivity index (χ2v) is 8.60. The van der Waals surface area contributed by atoms with Crippen LogP contribution < -0.4 is 4.90 Å². The van der Waals surface area contributed by atoms with Crippen LogP contribution in [0.15, 0.2) is 12.1 Å². The van der Waals surface area contributed by atoms with Gasteiger partial charge >= 0.3 is 0 Å². The molecule has 1 aliphatic heterocycles. The van der Waals surface area contributed by atoms with E-state index in [2.05, 4.69) is 28.9 Å². The van der Waals surface area contributed by atoms with Gasteiger partial charge in [0, 0.05) is 26.1 Å². The molecule has 0 radical (unpaired) electrons. The largest absolute Gasteiger partial charge is 0.307 e. The monoisotopic (exact) mass is 432 g/mol. The molecule has 3 aromatic rings. The second-order valence-electron chi connectivity index (χ2n) is 7.22. The van der Waals surface area contributed by atoms with E-state index in [0.29, 0.717) is 22.5 Å². The number of carbonyl (C=O) groups is 1. The Morgan fingerprint density at radius 2 is 2.03 bits per heavy atom. The highest BCUT2D eigenvalue weighted by Gasteiger charge is 2.29. The molecule has 1 aliphatic rings. The van der Waals surface area contributed by atoms with E-state index < -0.39 is 0 Å². The van der Waals surface area contributed by atoms with Crippen molar-refractivity contribution >= 4 is 44.2 Å². The van der Waals surface area contributed by atoms with Crippen LogP contribution in [0, 0.1) is 6.92 Å². The van der Waals surface area contributed by atoms with Gasteiger partial charge < -0.3 is 9.47 Å². The summed E-state index contributed by atoms with van der Waals surface area (Å²) in [6.07, 6.45) is 1.87. The Labute approximate surface area is 179 Å². The summed E-state index contributed by atoms with van der Waals surface area (Å²) in [5.41, 5.74) is 1.90. The molecular formula is C20H25ClN6OS. The van der Waals surface area contributed by atoms with E-state index in [0.717, 1.165) is 60.6 Å². The smallest absolute Gasteiger partial charge is 0.298 e. The van der Waals surface area contributed by atoms with E-state index in [1.54, 1.807) is 4.90 Å². The van der Waals surface area contributed by atoms with Crippen LogP contribution in [0.1, 0.15) is 42.3 Å². The van der Waals surface area contributed by atoms with Crippen molar-refractivity contribution < 1.29 is 4.79 Å². The van der Waals surface area contributed by atoms with Gasteiger partial charge in [-0.1, -0.05) is 42.9 Å². The number of rotatable bonds is 7. The number of hydrogen-bond donors (Lipinski definition) is 0. The molecule has 0 atom stereocenters. The van der Waals surface area contributed by atoms with Crippen LogP contribution in [-0.2, 0) is 13.0 Å². The summed E-state index contributed by atoms with van der Waals surface area (Å²) in [7, 11) is 0. The molecule has 2 aromatic heterocycles. The fourth-order valence-corrected chi connectivity index (χ4v) is 5.04. The number of carbonyl (C=O) groups excluding carboxylic acids is 1. The van der Waals surface area contributed by atoms with Crippen molar-refractivity contribution in [2.24, 2.45) is 0 Å². The molecule has 0 bridgehead atoms. The van der Waals surface area contributed by atoms with E-state index >= 15 is 0 Å². The van der Waals surface area contributed by atoms with Gasteiger partial charge in [0.2, 0.25) is 5.82 Å². The number of nitrogens with zero attached hydrogens (tertiary/aromatic N) is 6. The predicted octanol–water partition coefficient (Wildman–Crippen LogP) is 3.78. The van der Waals surface area contributed by atoms with E-state index in [9.17, 15) is 4.79 Å². The zero-order valence-electron chi connectivity index (χ0n) is 17.0. The quantitative estimate of drug-likeness (QED) is 0.568. The summed E-state index contributed by atoms with van der Waals surface area (Å²) >= 11 is 7.87. The Morgan fingerprint density at radius 3 is 2.76 bits per heavy atom. The van der Waals surface area contributed by atoms with Crippen molar-refractivity contribution in [2.45, 2.75) is 40.2 Å². The average Bonchev–Trinajstić information content (AvgIpc) is 3.43. The highest BCUT2D eigenvalue weighted by atomic mass is 35.5. The van der Waals surface area contributed by atoms with Crippen LogP contribution >= 0.6 is 22.9 Å². The molecule has 0 aliphatic carbocycles. The topological polar surface area (TPSA) is 67.2 Å². The third kappa shape index (κ3) is 3.76. The van der Waals surface area contributed by atoms with Crippen LogP contribution in [0.25, 0.3) is 10.2 Å². The number of aromatic nitrogens is 4. The lowest BCUT2D eigenvalue weighted by atomic mass is 10.2. The Hall–Kier alpha value is -2.03. The van der Waals surface area contributed by atoms with Crippen LogP contribution in [0.4, 0.5) is 5.13 Å². The SMILES string of the molecule is CCN(CC)CCN(C(=O)c1nnc2n1CCC2)c1nc2c(C)ccc(Cl)c2s1. The minimum absolute atomic E-state index is 0.148. The molecule has 0 spiro atoms. The maximum Gasteiger partial charge on any atom is 0.298 e. The zero-order chi connectivity index (χ0) is 20.5. The minimum atomic E-state index is -0.148. The molecule has 0 unspecified atom stereocenters. The van der Waals surface area contributed by atoms with Gasteiger partial charge in [-0.3, -0.25) is 9.69 Å². The van der Waals surface area contributed by atoms with Gasteiger partial charge in [-0.2, -0.15) is 0 Å². The van der Waals surface area contributed by atoms with Gasteiger partial charge in [0.15, 0.2) is 5.13 Å². The summed E-state index contributed by atoms with van der Waals surface area (Å²) in [4.78, 5) is 22.3. The van der Waals surface area contributed by atoms with Gasteiger partial charge in [0.05, 0.1) is 15.2 Å². The number of thiazole rings is 1. The Morgan fingerprint density at radius 1 is 1.24 bits per heavy atom. The van der Waals surface area contributed by atoms with E-state index in [1.165, 1.54) is 11.3 Å². The third-order valence-electron chi connectivity index (χ3n) is 5.50. The first-order valence-corrected chi connectivity index (χ1v) is 11.2. The average molecular weight is 433 g/mol. The summed E-state index contributed by atoms with van der Waals surface area (Å²) in [6, 6.07) is 3.84. The zero-order valence-corrected chi connectivity index (χ0v) is 18.6. The van der Waals surface area contributed by atoms with E-state index in [1.807, 2.05) is 23.6 Å². The number of halogens is 1. The van der Waals surface area contributed by atoms with Crippen molar-refractivity contribution in [1.82, 2.24) is 24.6 Å². The number of anilines is 1. The number of fused-ring (bicyclic) bond motifs is 2. The van der Waals surface area contributed by atoms with Crippen molar-refractivity contribution in [2.75, 3.05) is 31.1 Å². The molecule has 9 heteroatoms. The molecule has 0 N–H and O–H groups in total. The number of amides is 1. The lowest BCUT2D eigenvalue weighted by Gasteiger charge is -2.24. The van der Waals surface area contributed by atoms with Crippen molar-refractivity contribution in [3.8, 4) is 0 Å². The summed E-state index contributed by atoms with van der Waals surface area (Å²) in [5, 5.41) is 9.73. The fourth-order valence-electron chi connectivity index (χ4n) is 3.70. The molecule has 1 aromatic carbocycles. The molecular weight excluding hydrogens is 408 g/mol. The molecule has 0 fully saturated rings. The molecule has 0 saturated heterocycles. The summed E-state index contributed by atoms with van der Waals surface area (Å²) < 4.78 is 2.85. The van der Waals surface area contributed by atoms with Crippen LogP contribution in [0.3, 0.4) is 0 Å². The molecule has 4 rings (SSSR count). The maximum atomic E-state index is 13.5. The Kier molecular flexibility index (Phi) is 5.85. The molecule has 3 heterocycles. The Balaban J connectivity index is 1.73. The highest BCUT2D eigenvalue weighted by Crippen LogP contribution is 2.36. The second kappa shape index (κ2) is 8.38.